The van der Waals surface area contributed by atoms with Gasteiger partial charge in [-0.1, -0.05) is 18.7 Å². The summed E-state index contributed by atoms with van der Waals surface area (Å²) >= 11 is 1.59. The molecular weight excluding hydrogens is 328 g/mol. The van der Waals surface area contributed by atoms with Gasteiger partial charge in [0.1, 0.15) is 5.82 Å². The maximum absolute atomic E-state index is 11.3. The first kappa shape index (κ1) is 18.3. The van der Waals surface area contributed by atoms with Crippen LogP contribution in [0.3, 0.4) is 0 Å². The number of nitrogens with one attached hydrogen (secondary N) is 2. The van der Waals surface area contributed by atoms with Gasteiger partial charge in [-0.05, 0) is 26.5 Å². The molecule has 0 aliphatic heterocycles. The van der Waals surface area contributed by atoms with Gasteiger partial charge >= 0.3 is 6.09 Å². The van der Waals surface area contributed by atoms with E-state index >= 15 is 0 Å². The van der Waals surface area contributed by atoms with E-state index in [-0.39, 0.29) is 6.04 Å². The van der Waals surface area contributed by atoms with Crippen molar-refractivity contribution in [3.8, 4) is 0 Å². The summed E-state index contributed by atoms with van der Waals surface area (Å²) in [5, 5.41) is 12.0. The van der Waals surface area contributed by atoms with Crippen molar-refractivity contribution in [2.75, 3.05) is 24.2 Å². The van der Waals surface area contributed by atoms with Crippen LogP contribution >= 0.6 is 11.8 Å². The van der Waals surface area contributed by atoms with E-state index in [1.165, 1.54) is 0 Å². The van der Waals surface area contributed by atoms with Gasteiger partial charge in [0, 0.05) is 12.6 Å². The number of amides is 1. The summed E-state index contributed by atoms with van der Waals surface area (Å²) in [5.41, 5.74) is 0.759. The van der Waals surface area contributed by atoms with E-state index in [9.17, 15) is 4.79 Å². The molecule has 0 atom stereocenters. The predicted octanol–water partition coefficient (Wildman–Crippen LogP) is 2.50. The molecule has 0 unspecified atom stereocenters. The first-order valence-corrected chi connectivity index (χ1v) is 9.07. The molecule has 1 amide bonds. The number of hydrogen-bond donors (Lipinski definition) is 2. The molecule has 0 aliphatic rings. The standard InChI is InChI=1S/C15H24N6O2S/c1-5-23-15(22)16-7-8-21-13-11(9-17-21)12(18-10(3)4)19-14(20-13)24-6-2/h9-10H,5-8H2,1-4H3,(H,16,22)(H,18,19,20). The first-order valence-electron chi connectivity index (χ1n) is 8.08. The molecule has 2 N–H and O–H groups in total. The highest BCUT2D eigenvalue weighted by Crippen LogP contribution is 2.24. The first-order chi connectivity index (χ1) is 11.5. The molecule has 0 spiro atoms. The van der Waals surface area contributed by atoms with Gasteiger partial charge in [-0.3, -0.25) is 0 Å². The van der Waals surface area contributed by atoms with Crippen molar-refractivity contribution >= 4 is 34.7 Å². The Morgan fingerprint density at radius 2 is 2.17 bits per heavy atom. The molecule has 0 saturated carbocycles. The van der Waals surface area contributed by atoms with Crippen LogP contribution in [0.15, 0.2) is 11.4 Å². The van der Waals surface area contributed by atoms with Crippen LogP contribution in [0.1, 0.15) is 27.7 Å². The van der Waals surface area contributed by atoms with Gasteiger partial charge in [0.25, 0.3) is 0 Å². The number of carbonyl (C=O) groups excluding carboxylic acids is 1. The minimum absolute atomic E-state index is 0.261. The lowest BCUT2D eigenvalue weighted by Crippen LogP contribution is -2.28. The Bertz CT molecular complexity index is 688. The quantitative estimate of drug-likeness (QED) is 0.557. The van der Waals surface area contributed by atoms with Crippen molar-refractivity contribution in [2.24, 2.45) is 0 Å². The maximum Gasteiger partial charge on any atom is 0.407 e. The lowest BCUT2D eigenvalue weighted by atomic mass is 10.3. The van der Waals surface area contributed by atoms with Gasteiger partial charge in [0.05, 0.1) is 24.7 Å². The minimum atomic E-state index is -0.423. The number of hydrogen-bond acceptors (Lipinski definition) is 7. The molecule has 0 bridgehead atoms. The molecular formula is C15H24N6O2S. The van der Waals surface area contributed by atoms with Crippen LogP contribution in [-0.2, 0) is 11.3 Å². The van der Waals surface area contributed by atoms with Crippen molar-refractivity contribution in [1.29, 1.82) is 0 Å². The van der Waals surface area contributed by atoms with Crippen LogP contribution in [0.4, 0.5) is 10.6 Å². The van der Waals surface area contributed by atoms with E-state index < -0.39 is 6.09 Å². The lowest BCUT2D eigenvalue weighted by Gasteiger charge is -2.11. The fourth-order valence-corrected chi connectivity index (χ4v) is 2.69. The van der Waals surface area contributed by atoms with Gasteiger partial charge in [-0.15, -0.1) is 0 Å². The Labute approximate surface area is 145 Å². The summed E-state index contributed by atoms with van der Waals surface area (Å²) in [5.74, 6) is 1.68. The van der Waals surface area contributed by atoms with E-state index in [2.05, 4.69) is 46.5 Å². The average Bonchev–Trinajstić information content (AvgIpc) is 2.91. The van der Waals surface area contributed by atoms with E-state index in [0.717, 1.165) is 22.6 Å². The molecule has 0 aliphatic carbocycles. The number of aromatic nitrogens is 4. The van der Waals surface area contributed by atoms with Crippen molar-refractivity contribution in [3.05, 3.63) is 6.20 Å². The van der Waals surface area contributed by atoms with Crippen LogP contribution in [0, 0.1) is 0 Å². The van der Waals surface area contributed by atoms with Crippen molar-refractivity contribution in [2.45, 2.75) is 45.4 Å². The number of fused-ring (bicyclic) bond motifs is 1. The molecule has 24 heavy (non-hydrogen) atoms. The molecule has 0 radical (unpaired) electrons. The Morgan fingerprint density at radius 3 is 2.83 bits per heavy atom. The third kappa shape index (κ3) is 4.73. The second-order valence-corrected chi connectivity index (χ2v) is 6.57. The normalized spacial score (nSPS) is 11.0. The summed E-state index contributed by atoms with van der Waals surface area (Å²) < 4.78 is 6.62. The maximum atomic E-state index is 11.3. The SMILES string of the molecule is CCOC(=O)NCCn1ncc2c(NC(C)C)nc(SCC)nc21. The topological polar surface area (TPSA) is 94.0 Å². The molecule has 0 saturated heterocycles. The predicted molar refractivity (Wildman–Crippen MR) is 95.5 cm³/mol. The van der Waals surface area contributed by atoms with Crippen LogP contribution in [0.25, 0.3) is 11.0 Å². The molecule has 2 rings (SSSR count). The van der Waals surface area contributed by atoms with Crippen LogP contribution in [0.5, 0.6) is 0 Å². The third-order valence-electron chi connectivity index (χ3n) is 3.04. The smallest absolute Gasteiger partial charge is 0.407 e. The van der Waals surface area contributed by atoms with E-state index in [0.29, 0.717) is 24.9 Å². The summed E-state index contributed by atoms with van der Waals surface area (Å²) in [7, 11) is 0. The Balaban J connectivity index is 2.21. The van der Waals surface area contributed by atoms with Crippen molar-refractivity contribution in [3.63, 3.8) is 0 Å². The molecule has 0 fully saturated rings. The number of nitrogens with zero attached hydrogens (tertiary/aromatic N) is 4. The number of thioether (sulfide) groups is 1. The van der Waals surface area contributed by atoms with E-state index in [1.54, 1.807) is 29.6 Å². The highest BCUT2D eigenvalue weighted by atomic mass is 32.2. The summed E-state index contributed by atoms with van der Waals surface area (Å²) in [6.45, 7) is 9.25. The second kappa shape index (κ2) is 8.72. The third-order valence-corrected chi connectivity index (χ3v) is 3.77. The van der Waals surface area contributed by atoms with Crippen LogP contribution < -0.4 is 10.6 Å². The minimum Gasteiger partial charge on any atom is -0.450 e. The Hall–Kier alpha value is -2.03. The molecule has 9 heteroatoms. The molecule has 0 aromatic carbocycles. The lowest BCUT2D eigenvalue weighted by molar-refractivity contribution is 0.152. The average molecular weight is 352 g/mol. The zero-order valence-corrected chi connectivity index (χ0v) is 15.3. The number of rotatable bonds is 8. The second-order valence-electron chi connectivity index (χ2n) is 5.34. The molecule has 2 aromatic heterocycles. The number of ether oxygens (including phenoxy) is 1. The fraction of sp³-hybridized carbons (Fsp3) is 0.600. The van der Waals surface area contributed by atoms with E-state index in [4.69, 9.17) is 4.74 Å². The Kier molecular flexibility index (Phi) is 6.65. The van der Waals surface area contributed by atoms with Gasteiger partial charge in [-0.25, -0.2) is 19.4 Å². The molecule has 8 nitrogen and oxygen atoms in total. The van der Waals surface area contributed by atoms with Crippen molar-refractivity contribution in [1.82, 2.24) is 25.1 Å². The summed E-state index contributed by atoms with van der Waals surface area (Å²) in [6.07, 6.45) is 1.33. The largest absolute Gasteiger partial charge is 0.450 e. The van der Waals surface area contributed by atoms with Crippen molar-refractivity contribution < 1.29 is 9.53 Å². The number of carbonyl (C=O) groups is 1. The highest BCUT2D eigenvalue weighted by molar-refractivity contribution is 7.99. The van der Waals surface area contributed by atoms with Crippen LogP contribution in [0.2, 0.25) is 0 Å². The monoisotopic (exact) mass is 352 g/mol. The molecule has 132 valence electrons. The fourth-order valence-electron chi connectivity index (χ4n) is 2.12. The van der Waals surface area contributed by atoms with Gasteiger partial charge < -0.3 is 15.4 Å². The highest BCUT2D eigenvalue weighted by Gasteiger charge is 2.14. The molecule has 2 heterocycles. The summed E-state index contributed by atoms with van der Waals surface area (Å²) in [4.78, 5) is 20.5. The van der Waals surface area contributed by atoms with Gasteiger partial charge in [0.15, 0.2) is 10.8 Å². The zero-order valence-electron chi connectivity index (χ0n) is 14.5. The Morgan fingerprint density at radius 1 is 1.38 bits per heavy atom. The van der Waals surface area contributed by atoms with Gasteiger partial charge in [-0.2, -0.15) is 5.10 Å². The number of anilines is 1. The van der Waals surface area contributed by atoms with Crippen LogP contribution in [-0.4, -0.2) is 50.8 Å². The molecule has 2 aromatic rings. The summed E-state index contributed by atoms with van der Waals surface area (Å²) in [6, 6.07) is 0.261. The number of alkyl carbamates (subject to hydrolysis) is 1. The zero-order chi connectivity index (χ0) is 17.5. The van der Waals surface area contributed by atoms with E-state index in [1.807, 2.05) is 0 Å². The van der Waals surface area contributed by atoms with Gasteiger partial charge in [0.2, 0.25) is 0 Å².